The number of hydrogen-bond acceptors (Lipinski definition) is 6. The minimum absolute atomic E-state index is 0.0809. The molecule has 39 heavy (non-hydrogen) atoms. The van der Waals surface area contributed by atoms with Crippen molar-refractivity contribution in [3.05, 3.63) is 98.4 Å². The van der Waals surface area contributed by atoms with Crippen molar-refractivity contribution in [1.29, 1.82) is 0 Å². The highest BCUT2D eigenvalue weighted by molar-refractivity contribution is 6.16. The Labute approximate surface area is 225 Å². The fourth-order valence-corrected chi connectivity index (χ4v) is 5.93. The summed E-state index contributed by atoms with van der Waals surface area (Å²) in [4.78, 5) is 45.5. The molecule has 1 spiro atoms. The van der Waals surface area contributed by atoms with Gasteiger partial charge in [0.1, 0.15) is 5.58 Å². The van der Waals surface area contributed by atoms with Gasteiger partial charge in [-0.25, -0.2) is 0 Å². The highest BCUT2D eigenvalue weighted by Gasteiger charge is 2.64. The van der Waals surface area contributed by atoms with Crippen LogP contribution in [0, 0.1) is 13.8 Å². The van der Waals surface area contributed by atoms with E-state index >= 15 is 0 Å². The number of aryl methyl sites for hydroxylation is 2. The SMILES string of the molecule is COc1ccc(CCN2C(=O)c3oc4cc(C)c(C)cc4c(=O)c3C23C(=O)N(C)c2ccccc23)cc1OC. The number of benzene rings is 3. The predicted octanol–water partition coefficient (Wildman–Crippen LogP) is 4.35. The minimum Gasteiger partial charge on any atom is -0.493 e. The summed E-state index contributed by atoms with van der Waals surface area (Å²) in [7, 11) is 4.80. The van der Waals surface area contributed by atoms with Crippen LogP contribution in [0.25, 0.3) is 11.0 Å². The number of amides is 2. The van der Waals surface area contributed by atoms with E-state index in [4.69, 9.17) is 13.9 Å². The Bertz CT molecular complexity index is 1760. The van der Waals surface area contributed by atoms with Crippen molar-refractivity contribution >= 4 is 28.5 Å². The van der Waals surface area contributed by atoms with Gasteiger partial charge in [0.05, 0.1) is 25.2 Å². The second kappa shape index (κ2) is 8.73. The van der Waals surface area contributed by atoms with Gasteiger partial charge in [0.25, 0.3) is 11.8 Å². The van der Waals surface area contributed by atoms with Crippen molar-refractivity contribution < 1.29 is 23.5 Å². The number of fused-ring (bicyclic) bond motifs is 5. The normalized spacial score (nSPS) is 17.8. The highest BCUT2D eigenvalue weighted by atomic mass is 16.5. The van der Waals surface area contributed by atoms with Gasteiger partial charge in [0.2, 0.25) is 5.76 Å². The average molecular weight is 525 g/mol. The lowest BCUT2D eigenvalue weighted by atomic mass is 9.83. The van der Waals surface area contributed by atoms with E-state index in [1.165, 1.54) is 9.80 Å². The Hall–Kier alpha value is -4.59. The molecule has 8 nitrogen and oxygen atoms in total. The standard InChI is InChI=1S/C31H28N2O6/c1-17-14-20-24(15-18(17)2)39-28-26(27(20)34)31(21-8-6-7-9-22(21)32(3)30(31)36)33(29(28)35)13-12-19-10-11-23(37-4)25(16-19)38-5/h6-11,14-16H,12-13H2,1-5H3. The van der Waals surface area contributed by atoms with Crippen LogP contribution in [0.15, 0.2) is 63.8 Å². The first-order valence-corrected chi connectivity index (χ1v) is 12.7. The zero-order valence-corrected chi connectivity index (χ0v) is 22.5. The first kappa shape index (κ1) is 24.7. The highest BCUT2D eigenvalue weighted by Crippen LogP contribution is 2.52. The number of anilines is 1. The number of para-hydroxylation sites is 1. The van der Waals surface area contributed by atoms with Crippen LogP contribution >= 0.6 is 0 Å². The molecule has 4 aromatic rings. The number of hydrogen-bond donors (Lipinski definition) is 0. The minimum atomic E-state index is -1.62. The van der Waals surface area contributed by atoms with Crippen molar-refractivity contribution in [2.75, 3.05) is 32.7 Å². The molecular weight excluding hydrogens is 496 g/mol. The lowest BCUT2D eigenvalue weighted by molar-refractivity contribution is -0.125. The molecule has 1 unspecified atom stereocenters. The maximum atomic E-state index is 14.2. The molecule has 2 aliphatic rings. The van der Waals surface area contributed by atoms with Crippen LogP contribution in [0.3, 0.4) is 0 Å². The van der Waals surface area contributed by atoms with Gasteiger partial charge in [-0.1, -0.05) is 24.3 Å². The van der Waals surface area contributed by atoms with E-state index in [-0.39, 0.29) is 29.2 Å². The van der Waals surface area contributed by atoms with Gasteiger partial charge in [-0.15, -0.1) is 0 Å². The molecule has 198 valence electrons. The molecule has 0 saturated heterocycles. The van der Waals surface area contributed by atoms with Crippen molar-refractivity contribution in [3.63, 3.8) is 0 Å². The topological polar surface area (TPSA) is 89.3 Å². The van der Waals surface area contributed by atoms with Gasteiger partial charge >= 0.3 is 0 Å². The Morgan fingerprint density at radius 3 is 2.36 bits per heavy atom. The van der Waals surface area contributed by atoms with E-state index in [0.717, 1.165) is 16.7 Å². The second-order valence-corrected chi connectivity index (χ2v) is 10.1. The molecule has 6 rings (SSSR count). The van der Waals surface area contributed by atoms with E-state index < -0.39 is 11.4 Å². The Balaban J connectivity index is 1.57. The third-order valence-electron chi connectivity index (χ3n) is 8.05. The zero-order chi connectivity index (χ0) is 27.6. The van der Waals surface area contributed by atoms with Gasteiger partial charge in [0.15, 0.2) is 22.5 Å². The van der Waals surface area contributed by atoms with Gasteiger partial charge in [-0.05, 0) is 67.3 Å². The molecular formula is C31H28N2O6. The third kappa shape index (κ3) is 3.27. The summed E-state index contributed by atoms with van der Waals surface area (Å²) in [6.45, 7) is 4.01. The van der Waals surface area contributed by atoms with Crippen LogP contribution in [-0.2, 0) is 16.8 Å². The van der Waals surface area contributed by atoms with Gasteiger partial charge in [0, 0.05) is 24.8 Å². The third-order valence-corrected chi connectivity index (χ3v) is 8.05. The molecule has 2 amide bonds. The van der Waals surface area contributed by atoms with Crippen molar-refractivity contribution in [2.24, 2.45) is 0 Å². The summed E-state index contributed by atoms with van der Waals surface area (Å²) < 4.78 is 17.0. The van der Waals surface area contributed by atoms with Gasteiger partial charge < -0.3 is 23.7 Å². The lowest BCUT2D eigenvalue weighted by Crippen LogP contribution is -2.53. The van der Waals surface area contributed by atoms with Crippen LogP contribution in [0.2, 0.25) is 0 Å². The first-order chi connectivity index (χ1) is 18.7. The quantitative estimate of drug-likeness (QED) is 0.386. The van der Waals surface area contributed by atoms with Crippen LogP contribution in [-0.4, -0.2) is 44.5 Å². The average Bonchev–Trinajstić information content (AvgIpc) is 3.32. The monoisotopic (exact) mass is 524 g/mol. The summed E-state index contributed by atoms with van der Waals surface area (Å²) >= 11 is 0. The van der Waals surface area contributed by atoms with E-state index in [2.05, 4.69) is 0 Å². The summed E-state index contributed by atoms with van der Waals surface area (Å²) in [5, 5.41) is 0.352. The number of ether oxygens (including phenoxy) is 2. The molecule has 0 N–H and O–H groups in total. The van der Waals surface area contributed by atoms with Crippen LogP contribution in [0.5, 0.6) is 11.5 Å². The molecule has 0 saturated carbocycles. The van der Waals surface area contributed by atoms with Crippen LogP contribution in [0.1, 0.15) is 38.4 Å². The largest absolute Gasteiger partial charge is 0.493 e. The fourth-order valence-electron chi connectivity index (χ4n) is 5.93. The lowest BCUT2D eigenvalue weighted by Gasteiger charge is -2.34. The Morgan fingerprint density at radius 2 is 1.62 bits per heavy atom. The summed E-state index contributed by atoms with van der Waals surface area (Å²) in [5.41, 5.74) is 2.42. The molecule has 1 aromatic heterocycles. The molecule has 0 fully saturated rings. The van der Waals surface area contributed by atoms with Crippen LogP contribution in [0.4, 0.5) is 5.69 Å². The predicted molar refractivity (Wildman–Crippen MR) is 147 cm³/mol. The summed E-state index contributed by atoms with van der Waals surface area (Å²) in [5.74, 6) is 0.230. The molecule has 8 heteroatoms. The van der Waals surface area contributed by atoms with Gasteiger partial charge in [-0.3, -0.25) is 14.4 Å². The number of methoxy groups -OCH3 is 2. The number of nitrogens with zero attached hydrogens (tertiary/aromatic N) is 2. The van der Waals surface area contributed by atoms with Crippen LogP contribution < -0.4 is 19.8 Å². The Morgan fingerprint density at radius 1 is 0.897 bits per heavy atom. The van der Waals surface area contributed by atoms with Crippen molar-refractivity contribution in [3.8, 4) is 11.5 Å². The van der Waals surface area contributed by atoms with Crippen molar-refractivity contribution in [1.82, 2.24) is 4.90 Å². The number of carbonyl (C=O) groups excluding carboxylic acids is 2. The molecule has 0 aliphatic carbocycles. The number of carbonyl (C=O) groups is 2. The molecule has 3 heterocycles. The Kier molecular flexibility index (Phi) is 5.53. The summed E-state index contributed by atoms with van der Waals surface area (Å²) in [6, 6.07) is 16.4. The number of rotatable bonds is 5. The maximum absolute atomic E-state index is 14.2. The molecule has 3 aromatic carbocycles. The zero-order valence-electron chi connectivity index (χ0n) is 22.5. The van der Waals surface area contributed by atoms with E-state index in [0.29, 0.717) is 40.1 Å². The maximum Gasteiger partial charge on any atom is 0.291 e. The van der Waals surface area contributed by atoms with E-state index in [9.17, 15) is 14.4 Å². The molecule has 0 bridgehead atoms. The molecule has 1 atom stereocenters. The number of likely N-dealkylation sites (N-methyl/N-ethyl adjacent to an activating group) is 1. The molecule has 2 aliphatic heterocycles. The first-order valence-electron chi connectivity index (χ1n) is 12.7. The van der Waals surface area contributed by atoms with Gasteiger partial charge in [-0.2, -0.15) is 0 Å². The molecule has 0 radical (unpaired) electrons. The van der Waals surface area contributed by atoms with E-state index in [1.807, 2.05) is 50.2 Å². The smallest absolute Gasteiger partial charge is 0.291 e. The second-order valence-electron chi connectivity index (χ2n) is 10.1. The van der Waals surface area contributed by atoms with Crippen molar-refractivity contribution in [2.45, 2.75) is 25.8 Å². The summed E-state index contributed by atoms with van der Waals surface area (Å²) in [6.07, 6.45) is 0.410. The van der Waals surface area contributed by atoms with E-state index in [1.54, 1.807) is 39.5 Å². The fraction of sp³-hybridized carbons (Fsp3) is 0.258.